The lowest BCUT2D eigenvalue weighted by Gasteiger charge is -2.08. The molecule has 2 aromatic carbocycles. The van der Waals surface area contributed by atoms with Gasteiger partial charge in [0.25, 0.3) is 0 Å². The number of aromatic nitrogens is 1. The number of hydrogen-bond acceptors (Lipinski definition) is 2. The van der Waals surface area contributed by atoms with Crippen molar-refractivity contribution in [2.45, 2.75) is 20.8 Å². The Balaban J connectivity index is 2.18. The number of nitrogens with zero attached hydrogens (tertiary/aromatic N) is 1. The highest BCUT2D eigenvalue weighted by Crippen LogP contribution is 2.23. The van der Waals surface area contributed by atoms with E-state index in [9.17, 15) is 4.79 Å². The lowest BCUT2D eigenvalue weighted by atomic mass is 9.98. The molecule has 0 saturated heterocycles. The van der Waals surface area contributed by atoms with E-state index in [2.05, 4.69) is 31.0 Å². The molecule has 0 atom stereocenters. The second-order valence-electron chi connectivity index (χ2n) is 5.51. The van der Waals surface area contributed by atoms with Crippen molar-refractivity contribution in [1.82, 2.24) is 4.98 Å². The van der Waals surface area contributed by atoms with Crippen LogP contribution in [0.25, 0.3) is 10.8 Å². The maximum absolute atomic E-state index is 12.7. The molecule has 0 unspecified atom stereocenters. The highest BCUT2D eigenvalue weighted by Gasteiger charge is 2.14. The van der Waals surface area contributed by atoms with E-state index in [-0.39, 0.29) is 5.78 Å². The molecule has 2 heteroatoms. The average molecular weight is 275 g/mol. The minimum atomic E-state index is -0.0242. The Bertz CT molecular complexity index is 832. The first-order valence-corrected chi connectivity index (χ1v) is 7.03. The van der Waals surface area contributed by atoms with Crippen LogP contribution in [0.4, 0.5) is 0 Å². The fraction of sp³-hybridized carbons (Fsp3) is 0.158. The van der Waals surface area contributed by atoms with Gasteiger partial charge in [-0.1, -0.05) is 35.9 Å². The highest BCUT2D eigenvalue weighted by atomic mass is 16.1. The second kappa shape index (κ2) is 5.13. The Morgan fingerprint density at radius 2 is 1.57 bits per heavy atom. The number of benzene rings is 2. The fourth-order valence-corrected chi connectivity index (χ4v) is 2.47. The summed E-state index contributed by atoms with van der Waals surface area (Å²) in [6, 6.07) is 13.7. The normalized spacial score (nSPS) is 10.8. The molecule has 1 aromatic heterocycles. The van der Waals surface area contributed by atoms with Crippen molar-refractivity contribution in [3.63, 3.8) is 0 Å². The molecule has 104 valence electrons. The molecular formula is C19H17NO. The monoisotopic (exact) mass is 275 g/mol. The average Bonchev–Trinajstić information content (AvgIpc) is 2.48. The number of aryl methyl sites for hydroxylation is 3. The van der Waals surface area contributed by atoms with Crippen molar-refractivity contribution < 1.29 is 4.79 Å². The third kappa shape index (κ3) is 2.45. The van der Waals surface area contributed by atoms with Crippen LogP contribution in [0.2, 0.25) is 0 Å². The first-order valence-electron chi connectivity index (χ1n) is 7.03. The lowest BCUT2D eigenvalue weighted by molar-refractivity contribution is 0.103. The van der Waals surface area contributed by atoms with Crippen molar-refractivity contribution in [2.75, 3.05) is 0 Å². The van der Waals surface area contributed by atoms with E-state index in [1.54, 1.807) is 6.20 Å². The molecule has 0 bridgehead atoms. The van der Waals surface area contributed by atoms with Crippen LogP contribution >= 0.6 is 0 Å². The van der Waals surface area contributed by atoms with Crippen molar-refractivity contribution in [2.24, 2.45) is 0 Å². The minimum absolute atomic E-state index is 0.0242. The Morgan fingerprint density at radius 3 is 2.29 bits per heavy atom. The molecule has 0 amide bonds. The number of pyridine rings is 1. The molecule has 1 heterocycles. The maximum Gasteiger partial charge on any atom is 0.211 e. The van der Waals surface area contributed by atoms with E-state index in [1.165, 1.54) is 11.1 Å². The Morgan fingerprint density at radius 1 is 0.905 bits per heavy atom. The van der Waals surface area contributed by atoms with E-state index in [0.717, 1.165) is 16.3 Å². The largest absolute Gasteiger partial charge is 0.287 e. The van der Waals surface area contributed by atoms with Gasteiger partial charge in [0.15, 0.2) is 0 Å². The van der Waals surface area contributed by atoms with E-state index in [1.807, 2.05) is 37.3 Å². The highest BCUT2D eigenvalue weighted by molar-refractivity contribution is 6.15. The van der Waals surface area contributed by atoms with Gasteiger partial charge in [-0.3, -0.25) is 9.78 Å². The predicted octanol–water partition coefficient (Wildman–Crippen LogP) is 4.39. The zero-order valence-electron chi connectivity index (χ0n) is 12.5. The molecule has 2 nitrogen and oxygen atoms in total. The summed E-state index contributed by atoms with van der Waals surface area (Å²) in [5, 5.41) is 1.98. The molecule has 3 aromatic rings. The van der Waals surface area contributed by atoms with Crippen molar-refractivity contribution in [1.29, 1.82) is 0 Å². The summed E-state index contributed by atoms with van der Waals surface area (Å²) >= 11 is 0. The molecule has 3 rings (SSSR count). The standard InChI is InChI=1S/C19H17NO/c1-12-4-6-15(7-5-12)19(21)18-17-11-14(3)13(2)10-16(17)8-9-20-18/h4-11H,1-3H3. The van der Waals surface area contributed by atoms with Crippen LogP contribution in [-0.4, -0.2) is 10.8 Å². The minimum Gasteiger partial charge on any atom is -0.287 e. The lowest BCUT2D eigenvalue weighted by Crippen LogP contribution is -2.05. The smallest absolute Gasteiger partial charge is 0.211 e. The molecule has 0 fully saturated rings. The van der Waals surface area contributed by atoms with Gasteiger partial charge in [0.2, 0.25) is 5.78 Å². The van der Waals surface area contributed by atoms with Crippen LogP contribution in [0.1, 0.15) is 32.7 Å². The number of carbonyl (C=O) groups excluding carboxylic acids is 1. The van der Waals surface area contributed by atoms with Gasteiger partial charge in [-0.15, -0.1) is 0 Å². The molecule has 0 aliphatic rings. The van der Waals surface area contributed by atoms with E-state index >= 15 is 0 Å². The second-order valence-corrected chi connectivity index (χ2v) is 5.51. The van der Waals surface area contributed by atoms with Crippen LogP contribution in [0.5, 0.6) is 0 Å². The van der Waals surface area contributed by atoms with Gasteiger partial charge in [-0.05, 0) is 49.4 Å². The predicted molar refractivity (Wildman–Crippen MR) is 85.8 cm³/mol. The van der Waals surface area contributed by atoms with Gasteiger partial charge in [-0.2, -0.15) is 0 Å². The summed E-state index contributed by atoms with van der Waals surface area (Å²) in [5.74, 6) is -0.0242. The van der Waals surface area contributed by atoms with Crippen LogP contribution in [0, 0.1) is 20.8 Å². The van der Waals surface area contributed by atoms with Crippen LogP contribution in [0.3, 0.4) is 0 Å². The van der Waals surface area contributed by atoms with Crippen LogP contribution in [0.15, 0.2) is 48.7 Å². The maximum atomic E-state index is 12.7. The molecule has 0 saturated carbocycles. The third-order valence-electron chi connectivity index (χ3n) is 3.91. The summed E-state index contributed by atoms with van der Waals surface area (Å²) in [5.41, 5.74) is 4.75. The van der Waals surface area contributed by atoms with Gasteiger partial charge in [-0.25, -0.2) is 0 Å². The van der Waals surface area contributed by atoms with E-state index in [4.69, 9.17) is 0 Å². The summed E-state index contributed by atoms with van der Waals surface area (Å²) in [6.45, 7) is 6.15. The van der Waals surface area contributed by atoms with Crippen LogP contribution in [-0.2, 0) is 0 Å². The van der Waals surface area contributed by atoms with E-state index < -0.39 is 0 Å². The zero-order valence-corrected chi connectivity index (χ0v) is 12.5. The molecule has 0 aliphatic heterocycles. The number of carbonyl (C=O) groups is 1. The first kappa shape index (κ1) is 13.5. The Kier molecular flexibility index (Phi) is 3.30. The summed E-state index contributed by atoms with van der Waals surface area (Å²) in [7, 11) is 0. The van der Waals surface area contributed by atoms with Crippen LogP contribution < -0.4 is 0 Å². The third-order valence-corrected chi connectivity index (χ3v) is 3.91. The van der Waals surface area contributed by atoms with Gasteiger partial charge < -0.3 is 0 Å². The SMILES string of the molecule is Cc1ccc(C(=O)c2nccc3cc(C)c(C)cc23)cc1. The Labute approximate surface area is 124 Å². The number of ketones is 1. The first-order chi connectivity index (χ1) is 10.1. The summed E-state index contributed by atoms with van der Waals surface area (Å²) in [6.07, 6.45) is 1.71. The van der Waals surface area contributed by atoms with Gasteiger partial charge in [0.1, 0.15) is 5.69 Å². The fourth-order valence-electron chi connectivity index (χ4n) is 2.47. The van der Waals surface area contributed by atoms with Gasteiger partial charge in [0.05, 0.1) is 0 Å². The van der Waals surface area contributed by atoms with Crippen molar-refractivity contribution in [3.8, 4) is 0 Å². The van der Waals surface area contributed by atoms with Crippen molar-refractivity contribution >= 4 is 16.6 Å². The number of rotatable bonds is 2. The number of hydrogen-bond donors (Lipinski definition) is 0. The van der Waals surface area contributed by atoms with Gasteiger partial charge in [0, 0.05) is 17.1 Å². The molecule has 0 spiro atoms. The molecule has 0 aliphatic carbocycles. The quantitative estimate of drug-likeness (QED) is 0.649. The zero-order chi connectivity index (χ0) is 15.0. The topological polar surface area (TPSA) is 30.0 Å². The Hall–Kier alpha value is -2.48. The van der Waals surface area contributed by atoms with E-state index in [0.29, 0.717) is 11.3 Å². The summed E-state index contributed by atoms with van der Waals surface area (Å²) < 4.78 is 0. The molecular weight excluding hydrogens is 258 g/mol. The molecule has 0 radical (unpaired) electrons. The van der Waals surface area contributed by atoms with Gasteiger partial charge >= 0.3 is 0 Å². The molecule has 21 heavy (non-hydrogen) atoms. The number of fused-ring (bicyclic) bond motifs is 1. The van der Waals surface area contributed by atoms with Crippen molar-refractivity contribution in [3.05, 3.63) is 76.6 Å². The molecule has 0 N–H and O–H groups in total. The summed E-state index contributed by atoms with van der Waals surface area (Å²) in [4.78, 5) is 17.0.